The van der Waals surface area contributed by atoms with Crippen LogP contribution in [-0.4, -0.2) is 45.2 Å². The highest BCUT2D eigenvalue weighted by molar-refractivity contribution is 5.73. The summed E-state index contributed by atoms with van der Waals surface area (Å²) in [4.78, 5) is 17.4. The number of carboxylic acids is 1. The molecule has 1 N–H and O–H groups in total. The maximum Gasteiger partial charge on any atom is 0.320 e. The van der Waals surface area contributed by atoms with Gasteiger partial charge in [0.25, 0.3) is 0 Å². The highest BCUT2D eigenvalue weighted by Crippen LogP contribution is 2.20. The van der Waals surface area contributed by atoms with E-state index in [1.807, 2.05) is 4.90 Å². The van der Waals surface area contributed by atoms with Gasteiger partial charge in [0.2, 0.25) is 11.7 Å². The lowest BCUT2D eigenvalue weighted by molar-refractivity contribution is -0.142. The molecule has 1 aromatic heterocycles. The first kappa shape index (κ1) is 16.6. The molecule has 1 aliphatic heterocycles. The molecule has 1 atom stereocenters. The Morgan fingerprint density at radius 1 is 1.50 bits per heavy atom. The molecule has 1 saturated heterocycles. The third-order valence-electron chi connectivity index (χ3n) is 4.38. The number of halogens is 1. The molecule has 0 unspecified atom stereocenters. The molecule has 2 aromatic rings. The number of nitrogens with zero attached hydrogens (tertiary/aromatic N) is 3. The summed E-state index contributed by atoms with van der Waals surface area (Å²) in [6.07, 6.45) is 2.94. The predicted molar refractivity (Wildman–Crippen MR) is 85.0 cm³/mol. The number of carboxylic acid groups (broad SMARTS) is 1. The Hall–Kier alpha value is -2.28. The smallest absolute Gasteiger partial charge is 0.320 e. The van der Waals surface area contributed by atoms with E-state index in [0.717, 1.165) is 19.4 Å². The monoisotopic (exact) mass is 333 g/mol. The topological polar surface area (TPSA) is 79.5 Å². The SMILES string of the molecule is Cc1ccc(-c2noc(CCCN3CCC[C@H]3C(=O)O)n2)cc1F. The molecule has 0 radical (unpaired) electrons. The van der Waals surface area contributed by atoms with Crippen molar-refractivity contribution in [2.45, 2.75) is 38.6 Å². The number of aromatic nitrogens is 2. The maximum atomic E-state index is 13.6. The van der Waals surface area contributed by atoms with Gasteiger partial charge in [-0.05, 0) is 50.9 Å². The van der Waals surface area contributed by atoms with Crippen molar-refractivity contribution >= 4 is 5.97 Å². The average Bonchev–Trinajstić information content (AvgIpc) is 3.19. The number of likely N-dealkylation sites (tertiary alicyclic amines) is 1. The van der Waals surface area contributed by atoms with E-state index in [2.05, 4.69) is 10.1 Å². The number of rotatable bonds is 6. The Balaban J connectivity index is 1.56. The van der Waals surface area contributed by atoms with Gasteiger partial charge < -0.3 is 9.63 Å². The summed E-state index contributed by atoms with van der Waals surface area (Å²) in [6, 6.07) is 4.46. The van der Waals surface area contributed by atoms with Gasteiger partial charge in [-0.1, -0.05) is 17.3 Å². The number of benzene rings is 1. The van der Waals surface area contributed by atoms with Gasteiger partial charge in [0.15, 0.2) is 0 Å². The summed E-state index contributed by atoms with van der Waals surface area (Å²) < 4.78 is 18.8. The fraction of sp³-hybridized carbons (Fsp3) is 0.471. The van der Waals surface area contributed by atoms with Crippen molar-refractivity contribution in [2.75, 3.05) is 13.1 Å². The third-order valence-corrected chi connectivity index (χ3v) is 4.38. The molecule has 24 heavy (non-hydrogen) atoms. The van der Waals surface area contributed by atoms with Crippen molar-refractivity contribution in [1.82, 2.24) is 15.0 Å². The van der Waals surface area contributed by atoms with E-state index in [1.165, 1.54) is 6.07 Å². The molecule has 0 aliphatic carbocycles. The molecule has 0 spiro atoms. The summed E-state index contributed by atoms with van der Waals surface area (Å²) in [6.45, 7) is 3.20. The molecule has 3 rings (SSSR count). The van der Waals surface area contributed by atoms with Crippen LogP contribution in [0.3, 0.4) is 0 Å². The molecular formula is C17H20FN3O3. The van der Waals surface area contributed by atoms with Gasteiger partial charge >= 0.3 is 5.97 Å². The van der Waals surface area contributed by atoms with Crippen LogP contribution < -0.4 is 0 Å². The molecule has 7 heteroatoms. The summed E-state index contributed by atoms with van der Waals surface area (Å²) in [5.41, 5.74) is 1.15. The molecule has 0 amide bonds. The number of hydrogen-bond donors (Lipinski definition) is 1. The zero-order valence-corrected chi connectivity index (χ0v) is 13.5. The zero-order chi connectivity index (χ0) is 17.1. The van der Waals surface area contributed by atoms with Crippen LogP contribution in [0.2, 0.25) is 0 Å². The van der Waals surface area contributed by atoms with E-state index in [-0.39, 0.29) is 11.9 Å². The molecule has 128 valence electrons. The Labute approximate surface area is 139 Å². The Morgan fingerprint density at radius 2 is 2.33 bits per heavy atom. The van der Waals surface area contributed by atoms with Crippen molar-refractivity contribution in [3.63, 3.8) is 0 Å². The summed E-state index contributed by atoms with van der Waals surface area (Å²) in [7, 11) is 0. The van der Waals surface area contributed by atoms with Crippen molar-refractivity contribution < 1.29 is 18.8 Å². The van der Waals surface area contributed by atoms with Crippen molar-refractivity contribution in [3.05, 3.63) is 35.5 Å². The van der Waals surface area contributed by atoms with Crippen LogP contribution in [0.4, 0.5) is 4.39 Å². The minimum Gasteiger partial charge on any atom is -0.480 e. The van der Waals surface area contributed by atoms with Crippen LogP contribution in [0.5, 0.6) is 0 Å². The lowest BCUT2D eigenvalue weighted by Gasteiger charge is -2.20. The molecule has 2 heterocycles. The zero-order valence-electron chi connectivity index (χ0n) is 13.5. The third kappa shape index (κ3) is 3.62. The Kier molecular flexibility index (Phi) is 4.89. The standard InChI is InChI=1S/C17H20FN3O3/c1-11-6-7-12(10-13(11)18)16-19-15(24-20-16)5-3-9-21-8-2-4-14(21)17(22)23/h6-7,10,14H,2-5,8-9H2,1H3,(H,22,23)/t14-/m0/s1. The van der Waals surface area contributed by atoms with E-state index in [9.17, 15) is 9.18 Å². The average molecular weight is 333 g/mol. The van der Waals surface area contributed by atoms with E-state index in [0.29, 0.717) is 42.2 Å². The van der Waals surface area contributed by atoms with Crippen molar-refractivity contribution in [2.24, 2.45) is 0 Å². The van der Waals surface area contributed by atoms with Crippen LogP contribution in [0.25, 0.3) is 11.4 Å². The van der Waals surface area contributed by atoms with Gasteiger partial charge in [0.1, 0.15) is 11.9 Å². The fourth-order valence-corrected chi connectivity index (χ4v) is 3.01. The molecular weight excluding hydrogens is 313 g/mol. The largest absolute Gasteiger partial charge is 0.480 e. The van der Waals surface area contributed by atoms with Gasteiger partial charge in [-0.3, -0.25) is 9.69 Å². The van der Waals surface area contributed by atoms with Gasteiger partial charge in [-0.25, -0.2) is 4.39 Å². The minimum absolute atomic E-state index is 0.299. The molecule has 1 aromatic carbocycles. The van der Waals surface area contributed by atoms with Crippen LogP contribution in [0.15, 0.2) is 22.7 Å². The van der Waals surface area contributed by atoms with Crippen LogP contribution in [-0.2, 0) is 11.2 Å². The van der Waals surface area contributed by atoms with Crippen LogP contribution >= 0.6 is 0 Å². The van der Waals surface area contributed by atoms with E-state index in [1.54, 1.807) is 19.1 Å². The highest BCUT2D eigenvalue weighted by Gasteiger charge is 2.29. The number of carbonyl (C=O) groups is 1. The number of aryl methyl sites for hydroxylation is 2. The normalized spacial score (nSPS) is 18.2. The van der Waals surface area contributed by atoms with Crippen LogP contribution in [0, 0.1) is 12.7 Å². The molecule has 6 nitrogen and oxygen atoms in total. The van der Waals surface area contributed by atoms with E-state index >= 15 is 0 Å². The number of aliphatic carboxylic acids is 1. The molecule has 1 fully saturated rings. The Bertz CT molecular complexity index is 732. The first-order valence-electron chi connectivity index (χ1n) is 8.10. The lowest BCUT2D eigenvalue weighted by atomic mass is 10.1. The highest BCUT2D eigenvalue weighted by atomic mass is 19.1. The van der Waals surface area contributed by atoms with Gasteiger partial charge in [-0.15, -0.1) is 0 Å². The van der Waals surface area contributed by atoms with Gasteiger partial charge in [0, 0.05) is 12.0 Å². The second-order valence-corrected chi connectivity index (χ2v) is 6.11. The first-order chi connectivity index (χ1) is 11.5. The lowest BCUT2D eigenvalue weighted by Crippen LogP contribution is -2.36. The maximum absolute atomic E-state index is 13.6. The van der Waals surface area contributed by atoms with Gasteiger partial charge in [-0.2, -0.15) is 4.98 Å². The molecule has 0 bridgehead atoms. The van der Waals surface area contributed by atoms with E-state index < -0.39 is 5.97 Å². The minimum atomic E-state index is -0.756. The van der Waals surface area contributed by atoms with Crippen molar-refractivity contribution in [1.29, 1.82) is 0 Å². The summed E-state index contributed by atoms with van der Waals surface area (Å²) in [5.74, 6) is -0.202. The molecule has 0 saturated carbocycles. The van der Waals surface area contributed by atoms with Gasteiger partial charge in [0.05, 0.1) is 0 Å². The second-order valence-electron chi connectivity index (χ2n) is 6.11. The van der Waals surface area contributed by atoms with Crippen LogP contribution in [0.1, 0.15) is 30.7 Å². The quantitative estimate of drug-likeness (QED) is 0.875. The second kappa shape index (κ2) is 7.09. The Morgan fingerprint density at radius 3 is 3.08 bits per heavy atom. The fourth-order valence-electron chi connectivity index (χ4n) is 3.01. The number of hydrogen-bond acceptors (Lipinski definition) is 5. The van der Waals surface area contributed by atoms with E-state index in [4.69, 9.17) is 9.63 Å². The predicted octanol–water partition coefficient (Wildman–Crippen LogP) is 2.67. The van der Waals surface area contributed by atoms with Crippen molar-refractivity contribution in [3.8, 4) is 11.4 Å². The summed E-state index contributed by atoms with van der Waals surface area (Å²) >= 11 is 0. The molecule has 1 aliphatic rings. The summed E-state index contributed by atoms with van der Waals surface area (Å²) in [5, 5.41) is 13.0. The first-order valence-corrected chi connectivity index (χ1v) is 8.10.